The van der Waals surface area contributed by atoms with E-state index < -0.39 is 0 Å². The quantitative estimate of drug-likeness (QED) is 0.735. The number of halogens is 1. The fourth-order valence-corrected chi connectivity index (χ4v) is 3.13. The van der Waals surface area contributed by atoms with Crippen LogP contribution in [0.25, 0.3) is 0 Å². The molecule has 2 aliphatic heterocycles. The lowest BCUT2D eigenvalue weighted by molar-refractivity contribution is 0.718. The molecule has 0 saturated heterocycles. The van der Waals surface area contributed by atoms with Gasteiger partial charge >= 0.3 is 0 Å². The normalized spacial score (nSPS) is 20.6. The van der Waals surface area contributed by atoms with Gasteiger partial charge in [0.15, 0.2) is 5.17 Å². The number of hydrogen-bond acceptors (Lipinski definition) is 6. The highest BCUT2D eigenvalue weighted by Gasteiger charge is 2.32. The minimum Gasteiger partial charge on any atom is -0.384 e. The van der Waals surface area contributed by atoms with Crippen molar-refractivity contribution in [3.05, 3.63) is 57.6 Å². The number of dihydropyridines is 1. The highest BCUT2D eigenvalue weighted by atomic mass is 35.5. The molecule has 1 unspecified atom stereocenters. The largest absolute Gasteiger partial charge is 0.384 e. The molecule has 4 N–H and O–H groups in total. The molecule has 0 aromatic heterocycles. The summed E-state index contributed by atoms with van der Waals surface area (Å²) in [4.78, 5) is 4.49. The second kappa shape index (κ2) is 5.95. The molecule has 22 heavy (non-hydrogen) atoms. The van der Waals surface area contributed by atoms with Crippen molar-refractivity contribution < 1.29 is 0 Å². The summed E-state index contributed by atoms with van der Waals surface area (Å²) in [6, 6.07) is 9.69. The van der Waals surface area contributed by atoms with Gasteiger partial charge in [0.1, 0.15) is 11.6 Å². The van der Waals surface area contributed by atoms with Crippen LogP contribution >= 0.6 is 23.4 Å². The highest BCUT2D eigenvalue weighted by Crippen LogP contribution is 2.37. The Morgan fingerprint density at radius 1 is 1.36 bits per heavy atom. The summed E-state index contributed by atoms with van der Waals surface area (Å²) in [5.74, 6) is 0.977. The predicted molar refractivity (Wildman–Crippen MR) is 90.1 cm³/mol. The zero-order chi connectivity index (χ0) is 15.7. The van der Waals surface area contributed by atoms with E-state index in [4.69, 9.17) is 17.3 Å². The number of allylic oxidation sites excluding steroid dienone is 1. The number of amidine groups is 1. The Morgan fingerprint density at radius 3 is 2.73 bits per heavy atom. The third kappa shape index (κ3) is 2.54. The fraction of sp³-hybridized carbons (Fsp3) is 0.200. The third-order valence-corrected chi connectivity index (χ3v) is 4.52. The van der Waals surface area contributed by atoms with Gasteiger partial charge in [-0.15, -0.1) is 0 Å². The van der Waals surface area contributed by atoms with Crippen molar-refractivity contribution in [3.63, 3.8) is 0 Å². The third-order valence-electron chi connectivity index (χ3n) is 3.65. The van der Waals surface area contributed by atoms with Gasteiger partial charge in [0.05, 0.1) is 18.2 Å². The zero-order valence-electron chi connectivity index (χ0n) is 11.9. The number of nitrogens with zero attached hydrogens (tertiary/aromatic N) is 2. The Hall–Kier alpha value is -2.10. The molecule has 1 aromatic rings. The second-order valence-electron chi connectivity index (χ2n) is 4.90. The maximum atomic E-state index is 9.50. The molecule has 5 nitrogen and oxygen atoms in total. The van der Waals surface area contributed by atoms with Crippen LogP contribution in [0.3, 0.4) is 0 Å². The first-order valence-corrected chi connectivity index (χ1v) is 8.25. The van der Waals surface area contributed by atoms with Crippen LogP contribution in [0.2, 0.25) is 5.02 Å². The van der Waals surface area contributed by atoms with Crippen molar-refractivity contribution in [2.75, 3.05) is 12.8 Å². The predicted octanol–water partition coefficient (Wildman–Crippen LogP) is 2.25. The molecule has 1 aromatic carbocycles. The molecule has 1 atom stereocenters. The van der Waals surface area contributed by atoms with Crippen LogP contribution in [-0.4, -0.2) is 18.0 Å². The van der Waals surface area contributed by atoms with Crippen LogP contribution in [0.15, 0.2) is 52.0 Å². The number of hydrogen-bond donors (Lipinski definition) is 3. The molecule has 0 radical (unpaired) electrons. The van der Waals surface area contributed by atoms with Crippen molar-refractivity contribution in [3.8, 4) is 6.07 Å². The van der Waals surface area contributed by atoms with E-state index in [2.05, 4.69) is 21.7 Å². The molecule has 0 aliphatic carbocycles. The monoisotopic (exact) mass is 331 g/mol. The van der Waals surface area contributed by atoms with Crippen LogP contribution in [0.5, 0.6) is 0 Å². The number of thioether (sulfide) groups is 1. The lowest BCUT2D eigenvalue weighted by Gasteiger charge is -2.32. The summed E-state index contributed by atoms with van der Waals surface area (Å²) in [6.07, 6.45) is 1.96. The van der Waals surface area contributed by atoms with Crippen LogP contribution in [0.1, 0.15) is 11.5 Å². The number of nitrogens with two attached hydrogens (primary N) is 1. The highest BCUT2D eigenvalue weighted by molar-refractivity contribution is 8.13. The van der Waals surface area contributed by atoms with Gasteiger partial charge in [-0.2, -0.15) is 5.26 Å². The number of aliphatic imine (C=N–C) groups is 1. The Balaban J connectivity index is 2.06. The Morgan fingerprint density at radius 2 is 2.09 bits per heavy atom. The van der Waals surface area contributed by atoms with Crippen molar-refractivity contribution in [1.82, 2.24) is 10.6 Å². The number of rotatable bonds is 1. The second-order valence-corrected chi connectivity index (χ2v) is 6.13. The van der Waals surface area contributed by atoms with Crippen LogP contribution in [-0.2, 0) is 0 Å². The smallest absolute Gasteiger partial charge is 0.162 e. The lowest BCUT2D eigenvalue weighted by atomic mass is 9.82. The molecule has 112 valence electrons. The first-order chi connectivity index (χ1) is 10.6. The van der Waals surface area contributed by atoms with Gasteiger partial charge in [0, 0.05) is 16.5 Å². The number of benzene rings is 1. The van der Waals surface area contributed by atoms with Gasteiger partial charge in [0.25, 0.3) is 0 Å². The lowest BCUT2D eigenvalue weighted by Crippen LogP contribution is -2.41. The standard InChI is InChI=1S/C15H14ClN5S/c1-22-15-19-7-11-12(8-2-4-9(16)5-3-8)10(6-17)13(18)20-14(11)21-15/h2-5,12,20H,7,18H2,1H3,(H,19,21). The summed E-state index contributed by atoms with van der Waals surface area (Å²) >= 11 is 7.50. The average Bonchev–Trinajstić information content (AvgIpc) is 2.54. The summed E-state index contributed by atoms with van der Waals surface area (Å²) in [6.45, 7) is 0.525. The van der Waals surface area contributed by atoms with E-state index in [1.165, 1.54) is 11.8 Å². The van der Waals surface area contributed by atoms with E-state index in [1.807, 2.05) is 30.5 Å². The van der Waals surface area contributed by atoms with E-state index >= 15 is 0 Å². The van der Waals surface area contributed by atoms with Crippen molar-refractivity contribution >= 4 is 28.5 Å². The molecule has 2 heterocycles. The minimum atomic E-state index is -0.210. The SMILES string of the molecule is CSC1=NCC2=C(N1)NC(N)=C(C#N)C2c1ccc(Cl)cc1. The Labute approximate surface area is 137 Å². The van der Waals surface area contributed by atoms with Crippen molar-refractivity contribution in [2.24, 2.45) is 10.7 Å². The van der Waals surface area contributed by atoms with E-state index in [1.54, 1.807) is 0 Å². The molecule has 0 fully saturated rings. The van der Waals surface area contributed by atoms with E-state index in [9.17, 15) is 5.26 Å². The first kappa shape index (κ1) is 14.8. The molecular formula is C15H14ClN5S. The van der Waals surface area contributed by atoms with Gasteiger partial charge in [-0.3, -0.25) is 4.99 Å². The fourth-order valence-electron chi connectivity index (χ4n) is 2.61. The van der Waals surface area contributed by atoms with Gasteiger partial charge in [-0.05, 0) is 24.0 Å². The number of nitriles is 1. The van der Waals surface area contributed by atoms with E-state index in [-0.39, 0.29) is 5.92 Å². The Bertz CT molecular complexity index is 742. The molecule has 2 aliphatic rings. The van der Waals surface area contributed by atoms with Gasteiger partial charge in [0.2, 0.25) is 0 Å². The summed E-state index contributed by atoms with van der Waals surface area (Å²) in [5, 5.41) is 17.3. The molecule has 0 spiro atoms. The van der Waals surface area contributed by atoms with Crippen LogP contribution in [0.4, 0.5) is 0 Å². The van der Waals surface area contributed by atoms with Gasteiger partial charge in [-0.1, -0.05) is 35.5 Å². The van der Waals surface area contributed by atoms with Crippen molar-refractivity contribution in [2.45, 2.75) is 5.92 Å². The average molecular weight is 332 g/mol. The maximum Gasteiger partial charge on any atom is 0.162 e. The van der Waals surface area contributed by atoms with Crippen molar-refractivity contribution in [1.29, 1.82) is 5.26 Å². The summed E-state index contributed by atoms with van der Waals surface area (Å²) < 4.78 is 0. The molecule has 0 amide bonds. The molecule has 0 bridgehead atoms. The Kier molecular flexibility index (Phi) is 4.01. The summed E-state index contributed by atoms with van der Waals surface area (Å²) in [7, 11) is 0. The molecule has 0 saturated carbocycles. The maximum absolute atomic E-state index is 9.50. The van der Waals surface area contributed by atoms with Crippen LogP contribution in [0, 0.1) is 11.3 Å². The minimum absolute atomic E-state index is 0.210. The van der Waals surface area contributed by atoms with E-state index in [0.717, 1.165) is 22.1 Å². The topological polar surface area (TPSA) is 86.2 Å². The van der Waals surface area contributed by atoms with Gasteiger partial charge < -0.3 is 16.4 Å². The first-order valence-electron chi connectivity index (χ1n) is 6.64. The van der Waals surface area contributed by atoms with Crippen LogP contribution < -0.4 is 16.4 Å². The molecule has 3 rings (SSSR count). The molecule has 7 heteroatoms. The zero-order valence-corrected chi connectivity index (χ0v) is 13.4. The number of nitrogens with one attached hydrogen (secondary N) is 2. The summed E-state index contributed by atoms with van der Waals surface area (Å²) in [5.41, 5.74) is 8.53. The van der Waals surface area contributed by atoms with Gasteiger partial charge in [-0.25, -0.2) is 0 Å². The van der Waals surface area contributed by atoms with E-state index in [0.29, 0.717) is 23.0 Å². The molecular weight excluding hydrogens is 318 g/mol.